The second kappa shape index (κ2) is 5.49. The second-order valence-electron chi connectivity index (χ2n) is 3.49. The van der Waals surface area contributed by atoms with Gasteiger partial charge in [-0.3, -0.25) is 0 Å². The molecule has 1 heterocycles. The fourth-order valence-corrected chi connectivity index (χ4v) is 2.54. The smallest absolute Gasteiger partial charge is 0.0938 e. The molecule has 0 bridgehead atoms. The lowest BCUT2D eigenvalue weighted by Crippen LogP contribution is -1.86. The van der Waals surface area contributed by atoms with Crippen molar-refractivity contribution < 1.29 is 0 Å². The molecule has 2 rings (SSSR count). The number of hydrogen-bond acceptors (Lipinski definition) is 3. The van der Waals surface area contributed by atoms with Gasteiger partial charge in [-0.2, -0.15) is 0 Å². The Bertz CT molecular complexity index is 480. The van der Waals surface area contributed by atoms with Crippen LogP contribution in [0.2, 0.25) is 0 Å². The van der Waals surface area contributed by atoms with Crippen molar-refractivity contribution in [1.29, 1.82) is 0 Å². The Hall–Kier alpha value is -1.58. The van der Waals surface area contributed by atoms with Crippen LogP contribution in [-0.4, -0.2) is 11.5 Å². The molecule has 0 amide bonds. The van der Waals surface area contributed by atoms with E-state index in [1.165, 1.54) is 9.71 Å². The highest BCUT2D eigenvalue weighted by Crippen LogP contribution is 2.22. The maximum absolute atomic E-state index is 8.13. The summed E-state index contributed by atoms with van der Waals surface area (Å²) < 4.78 is 1.24. The first kappa shape index (κ1) is 10.9. The summed E-state index contributed by atoms with van der Waals surface area (Å²) in [6.07, 6.45) is 2.93. The van der Waals surface area contributed by atoms with Crippen LogP contribution in [0, 0.1) is 0 Å². The van der Waals surface area contributed by atoms with Gasteiger partial charge in [0.05, 0.1) is 15.2 Å². The minimum atomic E-state index is 0.585. The van der Waals surface area contributed by atoms with Crippen LogP contribution in [-0.2, 0) is 6.42 Å². The number of rotatable bonds is 5. The number of aryl methyl sites for hydroxylation is 1. The fourth-order valence-electron chi connectivity index (χ4n) is 1.53. The van der Waals surface area contributed by atoms with Crippen molar-refractivity contribution in [2.75, 3.05) is 6.54 Å². The average molecular weight is 232 g/mol. The lowest BCUT2D eigenvalue weighted by atomic mass is 10.2. The van der Waals surface area contributed by atoms with E-state index in [0.29, 0.717) is 6.54 Å². The predicted molar refractivity (Wildman–Crippen MR) is 66.6 cm³/mol. The maximum Gasteiger partial charge on any atom is 0.0938 e. The normalized spacial score (nSPS) is 10.2. The van der Waals surface area contributed by atoms with Crippen molar-refractivity contribution in [3.63, 3.8) is 0 Å². The number of thiazole rings is 1. The number of unbranched alkanes of at least 4 members (excludes halogenated alkanes) is 1. The molecule has 5 heteroatoms. The lowest BCUT2D eigenvalue weighted by molar-refractivity contribution is 0.740. The highest BCUT2D eigenvalue weighted by Gasteiger charge is 2.01. The molecule has 1 aromatic carbocycles. The summed E-state index contributed by atoms with van der Waals surface area (Å²) >= 11 is 1.75. The van der Waals surface area contributed by atoms with Crippen LogP contribution in [0.15, 0.2) is 29.4 Å². The van der Waals surface area contributed by atoms with Gasteiger partial charge in [0.1, 0.15) is 0 Å². The van der Waals surface area contributed by atoms with Gasteiger partial charge in [-0.15, -0.1) is 11.3 Å². The zero-order valence-corrected chi connectivity index (χ0v) is 9.65. The first-order chi connectivity index (χ1) is 7.90. The molecule has 0 atom stereocenters. The first-order valence-corrected chi connectivity index (χ1v) is 6.07. The summed E-state index contributed by atoms with van der Waals surface area (Å²) in [5.74, 6) is 0. The standard InChI is InChI=1S/C11H12N4S/c12-15-13-8-4-3-7-11-14-9-5-1-2-6-10(9)16-11/h1-2,5-6H,3-4,7-8H2. The van der Waals surface area contributed by atoms with E-state index in [9.17, 15) is 0 Å². The summed E-state index contributed by atoms with van der Waals surface area (Å²) in [7, 11) is 0. The Morgan fingerprint density at radius 2 is 2.19 bits per heavy atom. The van der Waals surface area contributed by atoms with E-state index in [1.54, 1.807) is 11.3 Å². The van der Waals surface area contributed by atoms with Crippen molar-refractivity contribution in [3.8, 4) is 0 Å². The third-order valence-electron chi connectivity index (χ3n) is 2.30. The van der Waals surface area contributed by atoms with E-state index in [2.05, 4.69) is 21.1 Å². The molecular formula is C11H12N4S. The lowest BCUT2D eigenvalue weighted by Gasteiger charge is -1.92. The molecule has 0 unspecified atom stereocenters. The molecule has 2 aromatic rings. The van der Waals surface area contributed by atoms with E-state index >= 15 is 0 Å². The van der Waals surface area contributed by atoms with Gasteiger partial charge in [0.2, 0.25) is 0 Å². The SMILES string of the molecule is [N-]=[N+]=NCCCCc1nc2ccccc2s1. The second-order valence-corrected chi connectivity index (χ2v) is 4.60. The molecule has 0 N–H and O–H groups in total. The largest absolute Gasteiger partial charge is 0.241 e. The topological polar surface area (TPSA) is 61.7 Å². The number of aromatic nitrogens is 1. The van der Waals surface area contributed by atoms with Gasteiger partial charge >= 0.3 is 0 Å². The van der Waals surface area contributed by atoms with Crippen molar-refractivity contribution in [2.24, 2.45) is 5.11 Å². The Kier molecular flexibility index (Phi) is 3.75. The molecule has 1 aromatic heterocycles. The summed E-state index contributed by atoms with van der Waals surface area (Å²) in [4.78, 5) is 7.27. The van der Waals surface area contributed by atoms with Gasteiger partial charge < -0.3 is 0 Å². The van der Waals surface area contributed by atoms with Crippen molar-refractivity contribution >= 4 is 21.6 Å². The highest BCUT2D eigenvalue weighted by molar-refractivity contribution is 7.18. The third-order valence-corrected chi connectivity index (χ3v) is 3.40. The first-order valence-electron chi connectivity index (χ1n) is 5.25. The average Bonchev–Trinajstić information content (AvgIpc) is 2.71. The molecule has 0 saturated carbocycles. The van der Waals surface area contributed by atoms with Crippen LogP contribution in [0.3, 0.4) is 0 Å². The monoisotopic (exact) mass is 232 g/mol. The van der Waals surface area contributed by atoms with Crippen LogP contribution >= 0.6 is 11.3 Å². The molecule has 0 spiro atoms. The zero-order valence-electron chi connectivity index (χ0n) is 8.83. The summed E-state index contributed by atoms with van der Waals surface area (Å²) in [6, 6.07) is 8.17. The molecule has 82 valence electrons. The van der Waals surface area contributed by atoms with Gasteiger partial charge in [0.15, 0.2) is 0 Å². The number of para-hydroxylation sites is 1. The quantitative estimate of drug-likeness (QED) is 0.333. The van der Waals surface area contributed by atoms with E-state index < -0.39 is 0 Å². The van der Waals surface area contributed by atoms with Gasteiger partial charge in [0.25, 0.3) is 0 Å². The summed E-state index contributed by atoms with van der Waals surface area (Å²) in [6.45, 7) is 0.585. The molecule has 0 radical (unpaired) electrons. The number of hydrogen-bond donors (Lipinski definition) is 0. The minimum absolute atomic E-state index is 0.585. The van der Waals surface area contributed by atoms with E-state index in [1.807, 2.05) is 18.2 Å². The van der Waals surface area contributed by atoms with Crippen LogP contribution in [0.25, 0.3) is 20.7 Å². The molecule has 0 saturated heterocycles. The minimum Gasteiger partial charge on any atom is -0.241 e. The van der Waals surface area contributed by atoms with Gasteiger partial charge in [-0.25, -0.2) is 4.98 Å². The van der Waals surface area contributed by atoms with Crippen LogP contribution < -0.4 is 0 Å². The number of azide groups is 1. The highest BCUT2D eigenvalue weighted by atomic mass is 32.1. The van der Waals surface area contributed by atoms with Crippen molar-refractivity contribution in [2.45, 2.75) is 19.3 Å². The molecule has 4 nitrogen and oxygen atoms in total. The van der Waals surface area contributed by atoms with Gasteiger partial charge in [-0.05, 0) is 36.9 Å². The Labute approximate surface area is 97.6 Å². The summed E-state index contributed by atoms with van der Waals surface area (Å²) in [5, 5.41) is 4.68. The van der Waals surface area contributed by atoms with Crippen LogP contribution in [0.4, 0.5) is 0 Å². The Balaban J connectivity index is 1.92. The number of benzene rings is 1. The molecule has 0 aliphatic rings. The molecular weight excluding hydrogens is 220 g/mol. The third kappa shape index (κ3) is 2.72. The van der Waals surface area contributed by atoms with Gasteiger partial charge in [-0.1, -0.05) is 17.2 Å². The van der Waals surface area contributed by atoms with E-state index in [0.717, 1.165) is 24.8 Å². The fraction of sp³-hybridized carbons (Fsp3) is 0.364. The maximum atomic E-state index is 8.13. The Morgan fingerprint density at radius 3 is 3.00 bits per heavy atom. The van der Waals surface area contributed by atoms with E-state index in [4.69, 9.17) is 5.53 Å². The van der Waals surface area contributed by atoms with Crippen molar-refractivity contribution in [3.05, 3.63) is 39.7 Å². The molecule has 16 heavy (non-hydrogen) atoms. The molecule has 0 aliphatic carbocycles. The van der Waals surface area contributed by atoms with Crippen molar-refractivity contribution in [1.82, 2.24) is 4.98 Å². The summed E-state index contributed by atoms with van der Waals surface area (Å²) in [5.41, 5.74) is 9.21. The molecule has 0 aliphatic heterocycles. The number of nitrogens with zero attached hydrogens (tertiary/aromatic N) is 4. The Morgan fingerprint density at radius 1 is 1.31 bits per heavy atom. The predicted octanol–water partition coefficient (Wildman–Crippen LogP) is 3.93. The zero-order chi connectivity index (χ0) is 11.2. The van der Waals surface area contributed by atoms with E-state index in [-0.39, 0.29) is 0 Å². The molecule has 0 fully saturated rings. The number of fused-ring (bicyclic) bond motifs is 1. The van der Waals surface area contributed by atoms with Crippen LogP contribution in [0.1, 0.15) is 17.8 Å². The van der Waals surface area contributed by atoms with Crippen LogP contribution in [0.5, 0.6) is 0 Å². The van der Waals surface area contributed by atoms with Gasteiger partial charge in [0, 0.05) is 11.5 Å².